The number of carboxylic acids is 1. The van der Waals surface area contributed by atoms with E-state index in [-0.39, 0.29) is 16.4 Å². The summed E-state index contributed by atoms with van der Waals surface area (Å²) in [6.45, 7) is 11.6. The Morgan fingerprint density at radius 1 is 0.542 bits per heavy atom. The van der Waals surface area contributed by atoms with Gasteiger partial charge in [0.25, 0.3) is 0 Å². The predicted molar refractivity (Wildman–Crippen MR) is 307 cm³/mol. The monoisotopic (exact) mass is 989 g/mol. The van der Waals surface area contributed by atoms with Crippen molar-refractivity contribution in [2.75, 3.05) is 4.90 Å². The van der Waals surface area contributed by atoms with Crippen LogP contribution in [-0.2, 0) is 22.0 Å². The lowest BCUT2D eigenvalue weighted by atomic mass is 9.70. The van der Waals surface area contributed by atoms with Crippen LogP contribution >= 0.6 is 22.7 Å². The van der Waals surface area contributed by atoms with Crippen LogP contribution in [0.3, 0.4) is 0 Å². The minimum Gasteiger partial charge on any atom is -0.477 e. The van der Waals surface area contributed by atoms with Crippen LogP contribution in [0.25, 0.3) is 48.5 Å². The summed E-state index contributed by atoms with van der Waals surface area (Å²) in [6, 6.07) is 50.9. The lowest BCUT2D eigenvalue weighted by Crippen LogP contribution is -2.26. The number of unbranched alkanes of at least 4 members (excludes halogenated alkanes) is 7. The molecule has 0 amide bonds. The number of carbonyl (C=O) groups is 1. The van der Waals surface area contributed by atoms with Crippen molar-refractivity contribution in [3.05, 3.63) is 166 Å². The molecule has 1 N–H and O–H groups in total. The predicted octanol–water partition coefficient (Wildman–Crippen LogP) is 20.0. The second-order valence-electron chi connectivity index (χ2n) is 20.5. The van der Waals surface area contributed by atoms with Gasteiger partial charge in [0.2, 0.25) is 0 Å². The Kier molecular flexibility index (Phi) is 16.1. The summed E-state index contributed by atoms with van der Waals surface area (Å²) in [6.07, 6.45) is 21.2. The summed E-state index contributed by atoms with van der Waals surface area (Å²) < 4.78 is 0. The molecule has 0 spiro atoms. The van der Waals surface area contributed by atoms with Crippen LogP contribution in [0, 0.1) is 11.3 Å². The molecule has 0 radical (unpaired) electrons. The largest absolute Gasteiger partial charge is 0.477 e. The average molecular weight is 989 g/mol. The fourth-order valence-corrected chi connectivity index (χ4v) is 14.5. The molecule has 72 heavy (non-hydrogen) atoms. The number of hydrogen-bond acceptors (Lipinski definition) is 5. The third-order valence-corrected chi connectivity index (χ3v) is 18.3. The van der Waals surface area contributed by atoms with Crippen LogP contribution in [0.2, 0.25) is 0 Å². The van der Waals surface area contributed by atoms with Gasteiger partial charge in [-0.05, 0) is 155 Å². The Balaban J connectivity index is 1.18. The van der Waals surface area contributed by atoms with E-state index in [1.165, 1.54) is 153 Å². The molecule has 6 heteroatoms. The molecule has 2 aromatic heterocycles. The fraction of sp³-hybridized carbons (Fsp3) is 0.364. The number of benzene rings is 5. The Morgan fingerprint density at radius 2 is 1.04 bits per heavy atom. The van der Waals surface area contributed by atoms with Crippen molar-refractivity contribution in [3.8, 4) is 48.5 Å². The van der Waals surface area contributed by atoms with E-state index in [1.54, 1.807) is 11.3 Å². The van der Waals surface area contributed by atoms with Crippen LogP contribution < -0.4 is 4.90 Å². The van der Waals surface area contributed by atoms with E-state index in [0.717, 1.165) is 54.0 Å². The van der Waals surface area contributed by atoms with E-state index in [1.807, 2.05) is 23.5 Å². The summed E-state index contributed by atoms with van der Waals surface area (Å²) in [4.78, 5) is 18.6. The van der Waals surface area contributed by atoms with Gasteiger partial charge in [0.15, 0.2) is 0 Å². The lowest BCUT2D eigenvalue weighted by Gasteiger charge is -2.35. The van der Waals surface area contributed by atoms with Crippen LogP contribution in [-0.4, -0.2) is 11.1 Å². The molecule has 2 heterocycles. The van der Waals surface area contributed by atoms with Gasteiger partial charge < -0.3 is 10.0 Å². The molecule has 0 bridgehead atoms. The standard InChI is InChI=1S/C66H72N2O2S2/c1-6-11-16-17-22-47-42-62(72-63(47)61-36-33-52(71-61)41-48(45-67)64(69)70)46-27-29-49(30-28-46)68(50-31-34-55-53-23-18-20-25-57(53)65(37-12-7-2,38-13-8-3)59(55)43-50)51-32-35-56-54-24-19-21-26-58(54)66(39-14-9-4,40-15-10-5)60(56)44-51/h18-21,23-36,41-44H,6-17,22,37-40H2,1-5H3,(H,69,70). The molecular weight excluding hydrogens is 917 g/mol. The second-order valence-corrected chi connectivity index (χ2v) is 22.6. The van der Waals surface area contributed by atoms with Crippen molar-refractivity contribution < 1.29 is 9.90 Å². The van der Waals surface area contributed by atoms with Gasteiger partial charge in [-0.25, -0.2) is 4.79 Å². The number of thiophene rings is 2. The van der Waals surface area contributed by atoms with Gasteiger partial charge in [-0.3, -0.25) is 0 Å². The maximum Gasteiger partial charge on any atom is 0.346 e. The number of aliphatic carboxylic acids is 1. The van der Waals surface area contributed by atoms with E-state index >= 15 is 0 Å². The Morgan fingerprint density at radius 3 is 1.54 bits per heavy atom. The summed E-state index contributed by atoms with van der Waals surface area (Å²) >= 11 is 3.37. The number of aryl methyl sites for hydroxylation is 1. The van der Waals surface area contributed by atoms with Gasteiger partial charge in [0, 0.05) is 47.4 Å². The molecule has 2 aliphatic rings. The van der Waals surface area contributed by atoms with Gasteiger partial charge in [-0.15, -0.1) is 22.7 Å². The summed E-state index contributed by atoms with van der Waals surface area (Å²) in [5.41, 5.74) is 17.3. The molecule has 7 aromatic rings. The molecule has 370 valence electrons. The van der Waals surface area contributed by atoms with E-state index in [2.05, 4.69) is 161 Å². The number of fused-ring (bicyclic) bond motifs is 6. The van der Waals surface area contributed by atoms with Gasteiger partial charge in [-0.1, -0.05) is 178 Å². The zero-order chi connectivity index (χ0) is 50.2. The molecule has 4 nitrogen and oxygen atoms in total. The molecule has 0 aliphatic heterocycles. The minimum atomic E-state index is -1.20. The SMILES string of the molecule is CCCCCCc1cc(-c2ccc(N(c3ccc4c(c3)C(CCCC)(CCCC)c3ccccc3-4)c3ccc4c(c3)C(CCCC)(CCCC)c3ccccc3-4)cc2)sc1-c1ccc(C=C(C#N)C(=O)O)s1. The zero-order valence-corrected chi connectivity index (χ0v) is 44.9. The van der Waals surface area contributed by atoms with Gasteiger partial charge in [0.05, 0.1) is 0 Å². The number of nitriles is 1. The smallest absolute Gasteiger partial charge is 0.346 e. The molecule has 0 saturated heterocycles. The number of nitrogens with zero attached hydrogens (tertiary/aromatic N) is 2. The van der Waals surface area contributed by atoms with E-state index in [4.69, 9.17) is 0 Å². The van der Waals surface area contributed by atoms with Crippen molar-refractivity contribution in [3.63, 3.8) is 0 Å². The maximum absolute atomic E-state index is 11.7. The number of carboxylic acid groups (broad SMARTS) is 1. The fourth-order valence-electron chi connectivity index (χ4n) is 12.2. The molecule has 5 aromatic carbocycles. The Hall–Kier alpha value is -6.00. The summed E-state index contributed by atoms with van der Waals surface area (Å²) in [5, 5.41) is 19.0. The number of anilines is 3. The Labute approximate surface area is 438 Å². The van der Waals surface area contributed by atoms with Crippen molar-refractivity contribution in [1.82, 2.24) is 0 Å². The third-order valence-electron chi connectivity index (χ3n) is 15.9. The Bertz CT molecular complexity index is 2950. The highest BCUT2D eigenvalue weighted by Gasteiger charge is 2.44. The minimum absolute atomic E-state index is 0.0302. The third kappa shape index (κ3) is 9.80. The van der Waals surface area contributed by atoms with Gasteiger partial charge in [0.1, 0.15) is 11.6 Å². The van der Waals surface area contributed by atoms with E-state index < -0.39 is 5.97 Å². The highest BCUT2D eigenvalue weighted by Crippen LogP contribution is 2.58. The number of hydrogen-bond donors (Lipinski definition) is 1. The maximum atomic E-state index is 11.7. The highest BCUT2D eigenvalue weighted by molar-refractivity contribution is 7.24. The topological polar surface area (TPSA) is 64.3 Å². The summed E-state index contributed by atoms with van der Waals surface area (Å²) in [5.74, 6) is -1.20. The van der Waals surface area contributed by atoms with E-state index in [9.17, 15) is 15.2 Å². The zero-order valence-electron chi connectivity index (χ0n) is 43.3. The lowest BCUT2D eigenvalue weighted by molar-refractivity contribution is -0.132. The molecule has 0 saturated carbocycles. The molecular formula is C66H72N2O2S2. The molecule has 9 rings (SSSR count). The van der Waals surface area contributed by atoms with Crippen molar-refractivity contribution in [1.29, 1.82) is 5.26 Å². The first kappa shape index (κ1) is 50.9. The van der Waals surface area contributed by atoms with Crippen molar-refractivity contribution in [2.45, 2.75) is 155 Å². The average Bonchev–Trinajstić information content (AvgIpc) is 4.18. The quantitative estimate of drug-likeness (QED) is 0.0372. The van der Waals surface area contributed by atoms with Crippen LogP contribution in [0.1, 0.15) is 170 Å². The first-order valence-corrected chi connectivity index (χ1v) is 28.8. The van der Waals surface area contributed by atoms with Crippen LogP contribution in [0.5, 0.6) is 0 Å². The normalized spacial score (nSPS) is 13.9. The summed E-state index contributed by atoms with van der Waals surface area (Å²) in [7, 11) is 0. The number of rotatable bonds is 24. The molecule has 0 unspecified atom stereocenters. The first-order chi connectivity index (χ1) is 35.2. The van der Waals surface area contributed by atoms with Crippen LogP contribution in [0.4, 0.5) is 17.1 Å². The molecule has 0 atom stereocenters. The van der Waals surface area contributed by atoms with Crippen molar-refractivity contribution >= 4 is 51.8 Å². The second kappa shape index (κ2) is 22.8. The molecule has 0 fully saturated rings. The van der Waals surface area contributed by atoms with E-state index in [0.29, 0.717) is 0 Å². The highest BCUT2D eigenvalue weighted by atomic mass is 32.1. The first-order valence-electron chi connectivity index (χ1n) is 27.2. The van der Waals surface area contributed by atoms with Crippen LogP contribution in [0.15, 0.2) is 133 Å². The van der Waals surface area contributed by atoms with Crippen molar-refractivity contribution in [2.24, 2.45) is 0 Å². The van der Waals surface area contributed by atoms with Gasteiger partial charge in [-0.2, -0.15) is 5.26 Å². The van der Waals surface area contributed by atoms with Gasteiger partial charge >= 0.3 is 5.97 Å². The molecule has 2 aliphatic carbocycles.